The van der Waals surface area contributed by atoms with Crippen LogP contribution in [0.25, 0.3) is 11.5 Å². The summed E-state index contributed by atoms with van der Waals surface area (Å²) in [5.74, 6) is 0.926. The fourth-order valence-electron chi connectivity index (χ4n) is 1.16. The molecule has 0 saturated heterocycles. The van der Waals surface area contributed by atoms with Gasteiger partial charge in [-0.15, -0.1) is 0 Å². The Bertz CT molecular complexity index is 467. The Morgan fingerprint density at radius 1 is 1.47 bits per heavy atom. The molecule has 1 atom stereocenters. The Morgan fingerprint density at radius 2 is 2.27 bits per heavy atom. The molecule has 1 aromatic heterocycles. The number of aromatic nitrogens is 2. The molecule has 0 fully saturated rings. The van der Waals surface area contributed by atoms with Gasteiger partial charge in [-0.1, -0.05) is 22.8 Å². The standard InChI is InChI=1S/C10H10ClN3O/c1-6(12)9-13-10(15-14-9)7-3-2-4-8(11)5-7/h2-6H,12H2,1H3/t6-/m0/s1. The summed E-state index contributed by atoms with van der Waals surface area (Å²) in [5.41, 5.74) is 6.42. The normalized spacial score (nSPS) is 12.7. The van der Waals surface area contributed by atoms with Gasteiger partial charge in [-0.3, -0.25) is 0 Å². The molecule has 2 N–H and O–H groups in total. The Kier molecular flexibility index (Phi) is 2.70. The Labute approximate surface area is 92.0 Å². The molecule has 15 heavy (non-hydrogen) atoms. The molecule has 4 nitrogen and oxygen atoms in total. The average Bonchev–Trinajstić information content (AvgIpc) is 2.66. The van der Waals surface area contributed by atoms with Crippen molar-refractivity contribution in [2.45, 2.75) is 13.0 Å². The van der Waals surface area contributed by atoms with Gasteiger partial charge >= 0.3 is 0 Å². The van der Waals surface area contributed by atoms with Gasteiger partial charge in [-0.05, 0) is 25.1 Å². The van der Waals surface area contributed by atoms with Crippen LogP contribution in [0.4, 0.5) is 0 Å². The number of benzene rings is 1. The van der Waals surface area contributed by atoms with Crippen LogP contribution in [0, 0.1) is 0 Å². The zero-order chi connectivity index (χ0) is 10.8. The van der Waals surface area contributed by atoms with Crippen molar-refractivity contribution < 1.29 is 4.52 Å². The minimum absolute atomic E-state index is 0.235. The van der Waals surface area contributed by atoms with Gasteiger partial charge in [-0.2, -0.15) is 4.98 Å². The molecule has 78 valence electrons. The second kappa shape index (κ2) is 4.00. The predicted molar refractivity (Wildman–Crippen MR) is 57.3 cm³/mol. The molecule has 0 aliphatic carbocycles. The molecule has 0 radical (unpaired) electrons. The topological polar surface area (TPSA) is 64.9 Å². The summed E-state index contributed by atoms with van der Waals surface area (Å²) in [6.45, 7) is 1.80. The third kappa shape index (κ3) is 2.16. The van der Waals surface area contributed by atoms with Gasteiger partial charge in [0.05, 0.1) is 6.04 Å². The van der Waals surface area contributed by atoms with E-state index < -0.39 is 0 Å². The van der Waals surface area contributed by atoms with E-state index in [9.17, 15) is 0 Å². The van der Waals surface area contributed by atoms with Crippen LogP contribution in [0.5, 0.6) is 0 Å². The highest BCUT2D eigenvalue weighted by molar-refractivity contribution is 6.30. The van der Waals surface area contributed by atoms with Crippen molar-refractivity contribution in [3.8, 4) is 11.5 Å². The molecule has 0 unspecified atom stereocenters. The molecule has 0 aliphatic rings. The number of hydrogen-bond acceptors (Lipinski definition) is 4. The molecular formula is C10H10ClN3O. The average molecular weight is 224 g/mol. The lowest BCUT2D eigenvalue weighted by molar-refractivity contribution is 0.418. The van der Waals surface area contributed by atoms with Crippen LogP contribution in [0.15, 0.2) is 28.8 Å². The van der Waals surface area contributed by atoms with Crippen LogP contribution in [0.2, 0.25) is 5.02 Å². The molecule has 1 heterocycles. The van der Waals surface area contributed by atoms with Crippen molar-refractivity contribution in [3.05, 3.63) is 35.1 Å². The summed E-state index contributed by atoms with van der Waals surface area (Å²) < 4.78 is 5.07. The molecule has 5 heteroatoms. The molecular weight excluding hydrogens is 214 g/mol. The zero-order valence-electron chi connectivity index (χ0n) is 8.14. The van der Waals surface area contributed by atoms with Crippen molar-refractivity contribution in [2.24, 2.45) is 5.73 Å². The number of halogens is 1. The van der Waals surface area contributed by atoms with Gasteiger partial charge in [0.25, 0.3) is 5.89 Å². The number of rotatable bonds is 2. The molecule has 0 aliphatic heterocycles. The van der Waals surface area contributed by atoms with Crippen LogP contribution < -0.4 is 5.73 Å². The van der Waals surface area contributed by atoms with Crippen LogP contribution in [-0.2, 0) is 0 Å². The van der Waals surface area contributed by atoms with E-state index >= 15 is 0 Å². The summed E-state index contributed by atoms with van der Waals surface area (Å²) in [6.07, 6.45) is 0. The molecule has 2 rings (SSSR count). The highest BCUT2D eigenvalue weighted by atomic mass is 35.5. The first-order valence-electron chi connectivity index (χ1n) is 4.52. The fourth-order valence-corrected chi connectivity index (χ4v) is 1.35. The van der Waals surface area contributed by atoms with E-state index in [1.165, 1.54) is 0 Å². The molecule has 1 aromatic carbocycles. The minimum Gasteiger partial charge on any atom is -0.334 e. The van der Waals surface area contributed by atoms with E-state index in [0.717, 1.165) is 5.56 Å². The molecule has 2 aromatic rings. The fraction of sp³-hybridized carbons (Fsp3) is 0.200. The Morgan fingerprint density at radius 3 is 2.87 bits per heavy atom. The third-order valence-corrected chi connectivity index (χ3v) is 2.16. The Hall–Kier alpha value is -1.39. The lowest BCUT2D eigenvalue weighted by Gasteiger charge is -1.95. The smallest absolute Gasteiger partial charge is 0.258 e. The van der Waals surface area contributed by atoms with Crippen molar-refractivity contribution in [2.75, 3.05) is 0 Å². The van der Waals surface area contributed by atoms with E-state index in [4.69, 9.17) is 21.9 Å². The van der Waals surface area contributed by atoms with Crippen LogP contribution in [-0.4, -0.2) is 10.1 Å². The van der Waals surface area contributed by atoms with Crippen molar-refractivity contribution in [1.29, 1.82) is 0 Å². The summed E-state index contributed by atoms with van der Waals surface area (Å²) in [7, 11) is 0. The second-order valence-electron chi connectivity index (χ2n) is 3.26. The number of nitrogens with two attached hydrogens (primary N) is 1. The van der Waals surface area contributed by atoms with E-state index in [-0.39, 0.29) is 6.04 Å². The van der Waals surface area contributed by atoms with Gasteiger partial charge in [0.15, 0.2) is 5.82 Å². The van der Waals surface area contributed by atoms with Crippen LogP contribution >= 0.6 is 11.6 Å². The van der Waals surface area contributed by atoms with Crippen LogP contribution in [0.3, 0.4) is 0 Å². The first-order chi connectivity index (χ1) is 7.16. The molecule has 0 bridgehead atoms. The second-order valence-corrected chi connectivity index (χ2v) is 3.69. The lowest BCUT2D eigenvalue weighted by Crippen LogP contribution is -2.06. The monoisotopic (exact) mass is 223 g/mol. The first-order valence-corrected chi connectivity index (χ1v) is 4.90. The zero-order valence-corrected chi connectivity index (χ0v) is 8.90. The van der Waals surface area contributed by atoms with Gasteiger partial charge in [0.1, 0.15) is 0 Å². The minimum atomic E-state index is -0.235. The molecule has 0 amide bonds. The molecule has 0 saturated carbocycles. The van der Waals surface area contributed by atoms with Crippen molar-refractivity contribution in [1.82, 2.24) is 10.1 Å². The quantitative estimate of drug-likeness (QED) is 0.849. The predicted octanol–water partition coefficient (Wildman–Crippen LogP) is 2.41. The largest absolute Gasteiger partial charge is 0.334 e. The van der Waals surface area contributed by atoms with Crippen molar-refractivity contribution in [3.63, 3.8) is 0 Å². The van der Waals surface area contributed by atoms with E-state index in [2.05, 4.69) is 10.1 Å². The van der Waals surface area contributed by atoms with Crippen molar-refractivity contribution >= 4 is 11.6 Å². The molecule has 0 spiro atoms. The SMILES string of the molecule is C[C@H](N)c1noc(-c2cccc(Cl)c2)n1. The maximum absolute atomic E-state index is 5.85. The summed E-state index contributed by atoms with van der Waals surface area (Å²) in [4.78, 5) is 4.16. The van der Waals surface area contributed by atoms with E-state index in [1.807, 2.05) is 12.1 Å². The van der Waals surface area contributed by atoms with Gasteiger partial charge in [-0.25, -0.2) is 0 Å². The lowest BCUT2D eigenvalue weighted by atomic mass is 10.2. The van der Waals surface area contributed by atoms with Crippen LogP contribution in [0.1, 0.15) is 18.8 Å². The number of hydrogen-bond donors (Lipinski definition) is 1. The summed E-state index contributed by atoms with van der Waals surface area (Å²) in [6, 6.07) is 6.99. The van der Waals surface area contributed by atoms with Gasteiger partial charge in [0, 0.05) is 10.6 Å². The third-order valence-electron chi connectivity index (χ3n) is 1.92. The summed E-state index contributed by atoms with van der Waals surface area (Å²) >= 11 is 5.85. The van der Waals surface area contributed by atoms with Gasteiger partial charge < -0.3 is 10.3 Å². The van der Waals surface area contributed by atoms with Gasteiger partial charge in [0.2, 0.25) is 0 Å². The highest BCUT2D eigenvalue weighted by Crippen LogP contribution is 2.21. The Balaban J connectivity index is 2.37. The maximum Gasteiger partial charge on any atom is 0.258 e. The first kappa shape index (κ1) is 10.1. The number of nitrogens with zero attached hydrogens (tertiary/aromatic N) is 2. The maximum atomic E-state index is 5.85. The van der Waals surface area contributed by atoms with E-state index in [1.54, 1.807) is 19.1 Å². The summed E-state index contributed by atoms with van der Waals surface area (Å²) in [5, 5.41) is 4.40. The highest BCUT2D eigenvalue weighted by Gasteiger charge is 2.11. The van der Waals surface area contributed by atoms with E-state index in [0.29, 0.717) is 16.7 Å².